The third-order valence-corrected chi connectivity index (χ3v) is 8.99. The summed E-state index contributed by atoms with van der Waals surface area (Å²) in [5.74, 6) is 0.328. The van der Waals surface area contributed by atoms with Crippen LogP contribution in [-0.2, 0) is 10.0 Å². The van der Waals surface area contributed by atoms with E-state index in [-0.39, 0.29) is 29.5 Å². The molecule has 6 nitrogen and oxygen atoms in total. The van der Waals surface area contributed by atoms with Gasteiger partial charge in [-0.05, 0) is 47.4 Å². The Morgan fingerprint density at radius 3 is 2.45 bits per heavy atom. The summed E-state index contributed by atoms with van der Waals surface area (Å²) in [6.07, 6.45) is 0.684. The van der Waals surface area contributed by atoms with Gasteiger partial charge in [-0.1, -0.05) is 48.5 Å². The lowest BCUT2D eigenvalue weighted by Crippen LogP contribution is -2.48. The van der Waals surface area contributed by atoms with E-state index >= 15 is 0 Å². The first kappa shape index (κ1) is 21.9. The van der Waals surface area contributed by atoms with Crippen LogP contribution in [-0.4, -0.2) is 51.2 Å². The summed E-state index contributed by atoms with van der Waals surface area (Å²) in [7, 11) is -0.345. The van der Waals surface area contributed by atoms with Gasteiger partial charge in [-0.3, -0.25) is 0 Å². The first-order valence-electron chi connectivity index (χ1n) is 11.1. The van der Waals surface area contributed by atoms with Crippen molar-refractivity contribution in [2.75, 3.05) is 32.2 Å². The fourth-order valence-electron chi connectivity index (χ4n) is 5.45. The second-order valence-electron chi connectivity index (χ2n) is 8.66. The third kappa shape index (κ3) is 3.51. The van der Waals surface area contributed by atoms with Crippen LogP contribution in [0.25, 0.3) is 11.1 Å². The third-order valence-electron chi connectivity index (χ3n) is 7.07. The number of aliphatic hydroxyl groups is 1. The molecule has 0 amide bonds. The molecule has 2 aliphatic rings. The lowest BCUT2D eigenvalue weighted by molar-refractivity contribution is 0.193. The summed E-state index contributed by atoms with van der Waals surface area (Å²) in [6, 6.07) is 22.6. The number of fused-ring (bicyclic) bond motifs is 3. The number of anilines is 1. The summed E-state index contributed by atoms with van der Waals surface area (Å²) >= 11 is 0. The number of aliphatic hydroxyl groups excluding tert-OH is 1. The Morgan fingerprint density at radius 1 is 1.00 bits per heavy atom. The topological polar surface area (TPSA) is 70.1 Å². The van der Waals surface area contributed by atoms with Crippen LogP contribution >= 0.6 is 0 Å². The van der Waals surface area contributed by atoms with Crippen LogP contribution in [0.1, 0.15) is 18.0 Å². The van der Waals surface area contributed by atoms with Gasteiger partial charge >= 0.3 is 0 Å². The number of sulfonamides is 1. The monoisotopic (exact) mass is 464 g/mol. The first-order valence-corrected chi connectivity index (χ1v) is 12.6. The van der Waals surface area contributed by atoms with Gasteiger partial charge in [-0.2, -0.15) is 4.31 Å². The van der Waals surface area contributed by atoms with E-state index in [9.17, 15) is 13.5 Å². The molecule has 1 saturated heterocycles. The number of nitrogens with zero attached hydrogens (tertiary/aromatic N) is 2. The Bertz CT molecular complexity index is 1260. The van der Waals surface area contributed by atoms with E-state index in [4.69, 9.17) is 4.74 Å². The normalized spacial score (nSPS) is 22.6. The fourth-order valence-corrected chi connectivity index (χ4v) is 7.27. The molecule has 3 atom stereocenters. The maximum absolute atomic E-state index is 13.9. The summed E-state index contributed by atoms with van der Waals surface area (Å²) in [4.78, 5) is 2.28. The molecule has 0 bridgehead atoms. The average molecular weight is 465 g/mol. The van der Waals surface area contributed by atoms with Crippen molar-refractivity contribution in [1.82, 2.24) is 4.31 Å². The Balaban J connectivity index is 1.66. The quantitative estimate of drug-likeness (QED) is 0.620. The molecule has 2 heterocycles. The van der Waals surface area contributed by atoms with Gasteiger partial charge in [0.15, 0.2) is 0 Å². The average Bonchev–Trinajstić information content (AvgIpc) is 3.30. The van der Waals surface area contributed by atoms with Crippen LogP contribution in [0.2, 0.25) is 0 Å². The number of benzene rings is 3. The molecular weight excluding hydrogens is 436 g/mol. The summed E-state index contributed by atoms with van der Waals surface area (Å²) in [6.45, 7) is 0.370. The highest BCUT2D eigenvalue weighted by atomic mass is 32.2. The number of likely N-dealkylation sites (N-methyl/N-ethyl adjacent to an activating group) is 1. The minimum atomic E-state index is -3.81. The van der Waals surface area contributed by atoms with Crippen molar-refractivity contribution >= 4 is 15.7 Å². The molecule has 0 aromatic heterocycles. The van der Waals surface area contributed by atoms with Crippen LogP contribution in [0, 0.1) is 5.92 Å². The van der Waals surface area contributed by atoms with E-state index < -0.39 is 10.0 Å². The molecule has 7 heteroatoms. The first-order chi connectivity index (χ1) is 16.0. The number of methoxy groups -OCH3 is 1. The van der Waals surface area contributed by atoms with Crippen molar-refractivity contribution in [3.63, 3.8) is 0 Å². The van der Waals surface area contributed by atoms with Crippen LogP contribution in [0.3, 0.4) is 0 Å². The van der Waals surface area contributed by atoms with E-state index in [1.807, 2.05) is 31.3 Å². The second kappa shape index (κ2) is 8.48. The minimum Gasteiger partial charge on any atom is -0.495 e. The van der Waals surface area contributed by atoms with Crippen LogP contribution in [0.15, 0.2) is 77.7 Å². The van der Waals surface area contributed by atoms with Crippen LogP contribution in [0.4, 0.5) is 5.69 Å². The minimum absolute atomic E-state index is 0.0111. The molecule has 1 fully saturated rings. The molecule has 1 N–H and O–H groups in total. The zero-order valence-electron chi connectivity index (χ0n) is 18.8. The van der Waals surface area contributed by atoms with E-state index in [1.54, 1.807) is 28.6 Å². The van der Waals surface area contributed by atoms with Crippen molar-refractivity contribution in [2.24, 2.45) is 5.92 Å². The number of hydrogen-bond acceptors (Lipinski definition) is 5. The van der Waals surface area contributed by atoms with E-state index in [2.05, 4.69) is 29.2 Å². The molecule has 5 rings (SSSR count). The molecule has 0 radical (unpaired) electrons. The predicted molar refractivity (Wildman–Crippen MR) is 129 cm³/mol. The predicted octanol–water partition coefficient (Wildman–Crippen LogP) is 3.92. The van der Waals surface area contributed by atoms with Gasteiger partial charge in [0.1, 0.15) is 10.6 Å². The number of rotatable bonds is 5. The molecular formula is C26H28N2O4S. The largest absolute Gasteiger partial charge is 0.495 e. The molecule has 2 aliphatic heterocycles. The highest BCUT2D eigenvalue weighted by Crippen LogP contribution is 2.51. The summed E-state index contributed by atoms with van der Waals surface area (Å²) in [5.41, 5.74) is 4.06. The maximum Gasteiger partial charge on any atom is 0.247 e. The lowest BCUT2D eigenvalue weighted by Gasteiger charge is -2.44. The van der Waals surface area contributed by atoms with Gasteiger partial charge in [0, 0.05) is 25.2 Å². The highest BCUT2D eigenvalue weighted by Gasteiger charge is 2.50. The molecule has 3 aromatic carbocycles. The summed E-state index contributed by atoms with van der Waals surface area (Å²) < 4.78 is 34.7. The Kier molecular flexibility index (Phi) is 5.64. The second-order valence-corrected chi connectivity index (χ2v) is 10.5. The summed E-state index contributed by atoms with van der Waals surface area (Å²) in [5, 5.41) is 10.2. The SMILES string of the molecule is COc1ccccc1S(=O)(=O)N1CC[C@H]2[C@@H](CO)N(C)c3ccc(-c4ccccc4)cc3[C@H]21. The van der Waals surface area contributed by atoms with Gasteiger partial charge in [0.05, 0.1) is 25.8 Å². The van der Waals surface area contributed by atoms with Crippen molar-refractivity contribution in [1.29, 1.82) is 0 Å². The Hall–Kier alpha value is -2.87. The van der Waals surface area contributed by atoms with Gasteiger partial charge in [-0.25, -0.2) is 8.42 Å². The standard InChI is InChI=1S/C26H28N2O4S/c1-27-22-13-12-19(18-8-4-3-5-9-18)16-21(22)26-20(23(27)17-29)14-15-28(26)33(30,31)25-11-7-6-10-24(25)32-2/h3-13,16,20,23,26,29H,14-15,17H2,1-2H3/t20-,23+,26-/m0/s1. The molecule has 3 aromatic rings. The van der Waals surface area contributed by atoms with Gasteiger partial charge in [-0.15, -0.1) is 0 Å². The number of para-hydroxylation sites is 1. The van der Waals surface area contributed by atoms with Crippen LogP contribution in [0.5, 0.6) is 5.75 Å². The van der Waals surface area contributed by atoms with Crippen molar-refractivity contribution in [3.05, 3.63) is 78.4 Å². The smallest absolute Gasteiger partial charge is 0.247 e. The van der Waals surface area contributed by atoms with Gasteiger partial charge < -0.3 is 14.7 Å². The lowest BCUT2D eigenvalue weighted by atomic mass is 9.81. The number of ether oxygens (including phenoxy) is 1. The Morgan fingerprint density at radius 2 is 1.73 bits per heavy atom. The number of hydrogen-bond donors (Lipinski definition) is 1. The van der Waals surface area contributed by atoms with Crippen molar-refractivity contribution in [2.45, 2.75) is 23.4 Å². The Labute approximate surface area is 195 Å². The van der Waals surface area contributed by atoms with E-state index in [0.717, 1.165) is 22.4 Å². The highest BCUT2D eigenvalue weighted by molar-refractivity contribution is 7.89. The maximum atomic E-state index is 13.9. The van der Waals surface area contributed by atoms with Crippen molar-refractivity contribution in [3.8, 4) is 16.9 Å². The van der Waals surface area contributed by atoms with E-state index in [1.165, 1.54) is 7.11 Å². The van der Waals surface area contributed by atoms with Gasteiger partial charge in [0.25, 0.3) is 0 Å². The molecule has 0 saturated carbocycles. The molecule has 0 unspecified atom stereocenters. The molecule has 0 spiro atoms. The zero-order valence-corrected chi connectivity index (χ0v) is 19.6. The molecule has 0 aliphatic carbocycles. The molecule has 33 heavy (non-hydrogen) atoms. The fraction of sp³-hybridized carbons (Fsp3) is 0.308. The van der Waals surface area contributed by atoms with Crippen LogP contribution < -0.4 is 9.64 Å². The van der Waals surface area contributed by atoms with E-state index in [0.29, 0.717) is 18.7 Å². The van der Waals surface area contributed by atoms with Gasteiger partial charge in [0.2, 0.25) is 10.0 Å². The zero-order chi connectivity index (χ0) is 23.2. The molecule has 172 valence electrons. The van der Waals surface area contributed by atoms with Crippen molar-refractivity contribution < 1.29 is 18.3 Å².